The third-order valence-corrected chi connectivity index (χ3v) is 10.2. The third-order valence-electron chi connectivity index (χ3n) is 8.42. The Labute approximate surface area is 254 Å². The van der Waals surface area contributed by atoms with Gasteiger partial charge in [-0.25, -0.2) is 8.42 Å². The normalized spacial score (nSPS) is 15.8. The van der Waals surface area contributed by atoms with Crippen LogP contribution in [0.15, 0.2) is 108 Å². The molecule has 43 heavy (non-hydrogen) atoms. The van der Waals surface area contributed by atoms with Crippen LogP contribution in [0.25, 0.3) is 0 Å². The van der Waals surface area contributed by atoms with E-state index in [0.29, 0.717) is 30.9 Å². The van der Waals surface area contributed by atoms with Gasteiger partial charge in [0, 0.05) is 32.7 Å². The zero-order valence-electron chi connectivity index (χ0n) is 24.4. The van der Waals surface area contributed by atoms with Gasteiger partial charge in [0.2, 0.25) is 0 Å². The van der Waals surface area contributed by atoms with Gasteiger partial charge in [-0.3, -0.25) is 14.0 Å². The lowest BCUT2D eigenvalue weighted by Gasteiger charge is -2.39. The third kappa shape index (κ3) is 6.17. The molecule has 0 N–H and O–H groups in total. The van der Waals surface area contributed by atoms with Gasteiger partial charge in [-0.2, -0.15) is 0 Å². The first-order valence-corrected chi connectivity index (χ1v) is 16.3. The van der Waals surface area contributed by atoms with Crippen molar-refractivity contribution in [3.8, 4) is 5.75 Å². The lowest BCUT2D eigenvalue weighted by Crippen LogP contribution is -2.51. The van der Waals surface area contributed by atoms with E-state index >= 15 is 0 Å². The minimum Gasteiger partial charge on any atom is -0.483 e. The van der Waals surface area contributed by atoms with Crippen LogP contribution in [0.5, 0.6) is 5.75 Å². The molecular weight excluding hydrogens is 558 g/mol. The van der Waals surface area contributed by atoms with E-state index < -0.39 is 10.0 Å². The Kier molecular flexibility index (Phi) is 8.49. The van der Waals surface area contributed by atoms with Crippen molar-refractivity contribution in [3.63, 3.8) is 0 Å². The molecule has 222 valence electrons. The summed E-state index contributed by atoms with van der Waals surface area (Å²) in [7, 11) is -3.72. The molecule has 6 rings (SSSR count). The Hall–Kier alpha value is -4.14. The Bertz CT molecular complexity index is 1630. The van der Waals surface area contributed by atoms with E-state index in [1.165, 1.54) is 15.4 Å². The van der Waals surface area contributed by atoms with Crippen LogP contribution in [0.4, 0.5) is 5.69 Å². The smallest absolute Gasteiger partial charge is 0.264 e. The molecule has 1 saturated heterocycles. The number of carbonyl (C=O) groups is 1. The number of fused-ring (bicyclic) bond motifs is 1. The van der Waals surface area contributed by atoms with Crippen LogP contribution in [-0.2, 0) is 21.2 Å². The van der Waals surface area contributed by atoms with Gasteiger partial charge in [-0.15, -0.1) is 0 Å². The molecule has 2 aliphatic heterocycles. The fourth-order valence-corrected chi connectivity index (χ4v) is 7.79. The van der Waals surface area contributed by atoms with Crippen molar-refractivity contribution in [1.82, 2.24) is 9.80 Å². The largest absolute Gasteiger partial charge is 0.483 e. The van der Waals surface area contributed by atoms with E-state index in [9.17, 15) is 13.2 Å². The highest BCUT2D eigenvalue weighted by molar-refractivity contribution is 7.92. The monoisotopic (exact) mass is 595 g/mol. The number of carbonyl (C=O) groups excluding carboxylic acids is 1. The van der Waals surface area contributed by atoms with Gasteiger partial charge in [-0.1, -0.05) is 78.9 Å². The van der Waals surface area contributed by atoms with Crippen LogP contribution < -0.4 is 9.04 Å². The van der Waals surface area contributed by atoms with Gasteiger partial charge in [0.25, 0.3) is 15.9 Å². The predicted octanol–water partition coefficient (Wildman–Crippen LogP) is 5.45. The summed E-state index contributed by atoms with van der Waals surface area (Å²) in [5.41, 5.74) is 4.95. The maximum absolute atomic E-state index is 13.6. The zero-order chi connectivity index (χ0) is 29.8. The SMILES string of the molecule is Cc1cc(S(=O)(=O)N2CCCc3ccccc32)ccc1OCC(=O)N1CCN(C(c2ccccc2)c2ccccc2)CC1. The number of nitrogens with zero attached hydrogens (tertiary/aromatic N) is 3. The summed E-state index contributed by atoms with van der Waals surface area (Å²) in [6.07, 6.45) is 1.66. The fourth-order valence-electron chi connectivity index (χ4n) is 6.17. The first-order chi connectivity index (χ1) is 20.9. The molecule has 8 heteroatoms. The number of piperazine rings is 1. The standard InChI is InChI=1S/C35H37N3O4S/c1-27-25-31(43(40,41)38-20-10-16-28-11-8-9-17-32(28)38)18-19-33(27)42-26-34(39)36-21-23-37(24-22-36)35(29-12-4-2-5-13-29)30-14-6-3-7-15-30/h2-9,11-15,17-19,25,35H,10,16,20-24,26H2,1H3. The summed E-state index contributed by atoms with van der Waals surface area (Å²) in [6, 6.07) is 33.6. The predicted molar refractivity (Wildman–Crippen MR) is 169 cm³/mol. The molecule has 2 heterocycles. The maximum atomic E-state index is 13.6. The highest BCUT2D eigenvalue weighted by atomic mass is 32.2. The van der Waals surface area contributed by atoms with Crippen molar-refractivity contribution in [2.24, 2.45) is 0 Å². The number of rotatable bonds is 8. The van der Waals surface area contributed by atoms with Crippen molar-refractivity contribution in [3.05, 3.63) is 125 Å². The summed E-state index contributed by atoms with van der Waals surface area (Å²) in [6.45, 7) is 4.92. The van der Waals surface area contributed by atoms with Crippen LogP contribution in [0.1, 0.15) is 34.7 Å². The van der Waals surface area contributed by atoms with Crippen LogP contribution in [0.3, 0.4) is 0 Å². The Morgan fingerprint density at radius 1 is 0.791 bits per heavy atom. The first-order valence-electron chi connectivity index (χ1n) is 14.9. The summed E-state index contributed by atoms with van der Waals surface area (Å²) < 4.78 is 34.5. The van der Waals surface area contributed by atoms with E-state index in [0.717, 1.165) is 37.2 Å². The number of amides is 1. The lowest BCUT2D eigenvalue weighted by atomic mass is 9.96. The Morgan fingerprint density at radius 3 is 2.07 bits per heavy atom. The van der Waals surface area contributed by atoms with Gasteiger partial charge < -0.3 is 9.64 Å². The molecule has 0 spiro atoms. The van der Waals surface area contributed by atoms with Crippen LogP contribution in [-0.4, -0.2) is 63.5 Å². The average Bonchev–Trinajstić information content (AvgIpc) is 3.05. The molecule has 4 aromatic rings. The van der Waals surface area contributed by atoms with Crippen LogP contribution >= 0.6 is 0 Å². The number of hydrogen-bond acceptors (Lipinski definition) is 5. The quantitative estimate of drug-likeness (QED) is 0.271. The molecular formula is C35H37N3O4S. The van der Waals surface area contributed by atoms with Gasteiger partial charge in [0.1, 0.15) is 5.75 Å². The molecule has 0 aromatic heterocycles. The van der Waals surface area contributed by atoms with E-state index in [2.05, 4.69) is 53.4 Å². The average molecular weight is 596 g/mol. The molecule has 0 bridgehead atoms. The fraction of sp³-hybridized carbons (Fsp3) is 0.286. The molecule has 0 atom stereocenters. The number of sulfonamides is 1. The summed E-state index contributed by atoms with van der Waals surface area (Å²) in [5.74, 6) is 0.440. The molecule has 4 aromatic carbocycles. The van der Waals surface area contributed by atoms with Crippen molar-refractivity contribution < 1.29 is 17.9 Å². The molecule has 7 nitrogen and oxygen atoms in total. The molecule has 0 aliphatic carbocycles. The van der Waals surface area contributed by atoms with Gasteiger partial charge in [0.05, 0.1) is 16.6 Å². The Morgan fingerprint density at radius 2 is 1.42 bits per heavy atom. The van der Waals surface area contributed by atoms with Gasteiger partial charge in [0.15, 0.2) is 6.61 Å². The van der Waals surface area contributed by atoms with E-state index in [4.69, 9.17) is 4.74 Å². The number of para-hydroxylation sites is 1. The number of ether oxygens (including phenoxy) is 1. The second kappa shape index (κ2) is 12.6. The van der Waals surface area contributed by atoms with E-state index in [-0.39, 0.29) is 23.5 Å². The lowest BCUT2D eigenvalue weighted by molar-refractivity contribution is -0.135. The van der Waals surface area contributed by atoms with E-state index in [1.807, 2.05) is 48.2 Å². The summed E-state index contributed by atoms with van der Waals surface area (Å²) in [5, 5.41) is 0. The van der Waals surface area contributed by atoms with Crippen LogP contribution in [0, 0.1) is 6.92 Å². The highest BCUT2D eigenvalue weighted by Gasteiger charge is 2.30. The van der Waals surface area contributed by atoms with Crippen molar-refractivity contribution in [2.45, 2.75) is 30.7 Å². The number of benzene rings is 4. The van der Waals surface area contributed by atoms with Crippen LogP contribution in [0.2, 0.25) is 0 Å². The molecule has 0 radical (unpaired) electrons. The van der Waals surface area contributed by atoms with Crippen molar-refractivity contribution in [2.75, 3.05) is 43.6 Å². The molecule has 1 fully saturated rings. The molecule has 0 saturated carbocycles. The van der Waals surface area contributed by atoms with Crippen molar-refractivity contribution in [1.29, 1.82) is 0 Å². The number of aryl methyl sites for hydroxylation is 2. The minimum absolute atomic E-state index is 0.0726. The topological polar surface area (TPSA) is 70.2 Å². The first kappa shape index (κ1) is 29.0. The van der Waals surface area contributed by atoms with E-state index in [1.54, 1.807) is 18.2 Å². The van der Waals surface area contributed by atoms with Gasteiger partial charge in [-0.05, 0) is 66.3 Å². The zero-order valence-corrected chi connectivity index (χ0v) is 25.2. The minimum atomic E-state index is -3.72. The molecule has 2 aliphatic rings. The molecule has 0 unspecified atom stereocenters. The second-order valence-electron chi connectivity index (χ2n) is 11.2. The summed E-state index contributed by atoms with van der Waals surface area (Å²) >= 11 is 0. The van der Waals surface area contributed by atoms with Crippen molar-refractivity contribution >= 4 is 21.6 Å². The number of anilines is 1. The van der Waals surface area contributed by atoms with Gasteiger partial charge >= 0.3 is 0 Å². The summed E-state index contributed by atoms with van der Waals surface area (Å²) in [4.78, 5) is 17.6. The highest BCUT2D eigenvalue weighted by Crippen LogP contribution is 2.33. The Balaban J connectivity index is 1.08. The number of hydrogen-bond donors (Lipinski definition) is 0. The second-order valence-corrected chi connectivity index (χ2v) is 13.0. The molecule has 1 amide bonds. The maximum Gasteiger partial charge on any atom is 0.264 e.